The van der Waals surface area contributed by atoms with Gasteiger partial charge in [0.05, 0.1) is 0 Å². The molecular weight excluding hydrogens is 263 g/mol. The van der Waals surface area contributed by atoms with Crippen LogP contribution in [0.1, 0.15) is 22.6 Å². The fraction of sp³-hybridized carbons (Fsp3) is 0.250. The summed E-state index contributed by atoms with van der Waals surface area (Å²) in [5.74, 6) is -3.54. The molecule has 0 aromatic heterocycles. The molecule has 0 saturated heterocycles. The fourth-order valence-electron chi connectivity index (χ4n) is 2.76. The van der Waals surface area contributed by atoms with E-state index in [0.717, 1.165) is 18.2 Å². The lowest BCUT2D eigenvalue weighted by molar-refractivity contribution is 0.435. The van der Waals surface area contributed by atoms with Crippen molar-refractivity contribution in [2.75, 3.05) is 6.54 Å². The van der Waals surface area contributed by atoms with E-state index in [1.54, 1.807) is 0 Å². The monoisotopic (exact) mass is 277 g/mol. The predicted octanol–water partition coefficient (Wildman–Crippen LogP) is 3.53. The SMILES string of the molecule is Fc1ccc(CC2CNCc3ccccc32)c(F)c1F. The van der Waals surface area contributed by atoms with Crippen LogP contribution in [0.25, 0.3) is 0 Å². The molecule has 2 aromatic rings. The Morgan fingerprint density at radius 3 is 2.65 bits per heavy atom. The summed E-state index contributed by atoms with van der Waals surface area (Å²) >= 11 is 0. The quantitative estimate of drug-likeness (QED) is 0.828. The summed E-state index contributed by atoms with van der Waals surface area (Å²) in [4.78, 5) is 0. The van der Waals surface area contributed by atoms with Gasteiger partial charge in [-0.2, -0.15) is 0 Å². The van der Waals surface area contributed by atoms with E-state index in [4.69, 9.17) is 0 Å². The molecule has 0 aliphatic carbocycles. The average Bonchev–Trinajstić information content (AvgIpc) is 2.48. The van der Waals surface area contributed by atoms with Crippen LogP contribution in [0, 0.1) is 17.5 Å². The average molecular weight is 277 g/mol. The zero-order chi connectivity index (χ0) is 14.1. The number of nitrogens with one attached hydrogen (secondary N) is 1. The highest BCUT2D eigenvalue weighted by atomic mass is 19.2. The van der Waals surface area contributed by atoms with Gasteiger partial charge in [-0.1, -0.05) is 30.3 Å². The van der Waals surface area contributed by atoms with Crippen LogP contribution in [0.15, 0.2) is 36.4 Å². The van der Waals surface area contributed by atoms with Crippen LogP contribution in [0.5, 0.6) is 0 Å². The lowest BCUT2D eigenvalue weighted by Gasteiger charge is -2.26. The van der Waals surface area contributed by atoms with Crippen LogP contribution < -0.4 is 5.32 Å². The second kappa shape index (κ2) is 5.29. The number of hydrogen-bond acceptors (Lipinski definition) is 1. The normalized spacial score (nSPS) is 17.9. The lowest BCUT2D eigenvalue weighted by Crippen LogP contribution is -2.29. The van der Waals surface area contributed by atoms with Crippen molar-refractivity contribution in [1.29, 1.82) is 0 Å². The molecule has 0 fully saturated rings. The summed E-state index contributed by atoms with van der Waals surface area (Å²) in [6.07, 6.45) is 0.354. The van der Waals surface area contributed by atoms with Gasteiger partial charge in [0.2, 0.25) is 0 Å². The molecule has 0 spiro atoms. The van der Waals surface area contributed by atoms with Crippen molar-refractivity contribution in [3.8, 4) is 0 Å². The maximum Gasteiger partial charge on any atom is 0.194 e. The van der Waals surface area contributed by atoms with E-state index in [1.165, 1.54) is 11.6 Å². The smallest absolute Gasteiger partial charge is 0.194 e. The minimum atomic E-state index is -1.39. The van der Waals surface area contributed by atoms with Crippen molar-refractivity contribution in [3.63, 3.8) is 0 Å². The van der Waals surface area contributed by atoms with Gasteiger partial charge in [-0.05, 0) is 29.2 Å². The van der Waals surface area contributed by atoms with Gasteiger partial charge in [0.15, 0.2) is 17.5 Å². The molecule has 0 radical (unpaired) electrons. The van der Waals surface area contributed by atoms with Crippen molar-refractivity contribution < 1.29 is 13.2 Å². The highest BCUT2D eigenvalue weighted by Gasteiger charge is 2.22. The van der Waals surface area contributed by atoms with Gasteiger partial charge in [-0.3, -0.25) is 0 Å². The summed E-state index contributed by atoms with van der Waals surface area (Å²) < 4.78 is 40.0. The van der Waals surface area contributed by atoms with Crippen molar-refractivity contribution in [1.82, 2.24) is 5.32 Å². The van der Waals surface area contributed by atoms with Crippen molar-refractivity contribution in [2.45, 2.75) is 18.9 Å². The third kappa shape index (κ3) is 2.31. The summed E-state index contributed by atoms with van der Waals surface area (Å²) in [6.45, 7) is 1.49. The fourth-order valence-corrected chi connectivity index (χ4v) is 2.76. The first-order valence-electron chi connectivity index (χ1n) is 6.57. The molecule has 104 valence electrons. The molecule has 1 aliphatic rings. The number of hydrogen-bond donors (Lipinski definition) is 1. The number of fused-ring (bicyclic) bond motifs is 1. The van der Waals surface area contributed by atoms with Gasteiger partial charge in [-0.25, -0.2) is 13.2 Å². The molecule has 20 heavy (non-hydrogen) atoms. The second-order valence-corrected chi connectivity index (χ2v) is 5.07. The first-order chi connectivity index (χ1) is 9.66. The van der Waals surface area contributed by atoms with E-state index in [9.17, 15) is 13.2 Å². The molecule has 1 aliphatic heterocycles. The largest absolute Gasteiger partial charge is 0.312 e. The minimum Gasteiger partial charge on any atom is -0.312 e. The lowest BCUT2D eigenvalue weighted by atomic mass is 9.86. The molecule has 1 heterocycles. The maximum absolute atomic E-state index is 13.8. The van der Waals surface area contributed by atoms with Crippen molar-refractivity contribution >= 4 is 0 Å². The number of benzene rings is 2. The molecule has 1 unspecified atom stereocenters. The van der Waals surface area contributed by atoms with Gasteiger partial charge in [0.1, 0.15) is 0 Å². The molecule has 0 bridgehead atoms. The Balaban J connectivity index is 1.92. The van der Waals surface area contributed by atoms with E-state index in [0.29, 0.717) is 13.0 Å². The van der Waals surface area contributed by atoms with Gasteiger partial charge in [-0.15, -0.1) is 0 Å². The van der Waals surface area contributed by atoms with Gasteiger partial charge in [0.25, 0.3) is 0 Å². The maximum atomic E-state index is 13.8. The zero-order valence-corrected chi connectivity index (χ0v) is 10.8. The number of rotatable bonds is 2. The summed E-state index contributed by atoms with van der Waals surface area (Å²) in [6, 6.07) is 10.2. The van der Waals surface area contributed by atoms with Crippen LogP contribution >= 0.6 is 0 Å². The Hall–Kier alpha value is -1.81. The van der Waals surface area contributed by atoms with Crippen LogP contribution in [0.2, 0.25) is 0 Å². The summed E-state index contributed by atoms with van der Waals surface area (Å²) in [5, 5.41) is 3.27. The van der Waals surface area contributed by atoms with Crippen LogP contribution in [-0.4, -0.2) is 6.54 Å². The molecule has 1 nitrogen and oxygen atoms in total. The van der Waals surface area contributed by atoms with Crippen LogP contribution in [0.4, 0.5) is 13.2 Å². The molecule has 0 amide bonds. The zero-order valence-electron chi connectivity index (χ0n) is 10.8. The second-order valence-electron chi connectivity index (χ2n) is 5.07. The highest BCUT2D eigenvalue weighted by molar-refractivity contribution is 5.34. The Kier molecular flexibility index (Phi) is 3.49. The van der Waals surface area contributed by atoms with E-state index >= 15 is 0 Å². The molecule has 3 rings (SSSR count). The predicted molar refractivity (Wildman–Crippen MR) is 70.9 cm³/mol. The molecule has 1 N–H and O–H groups in total. The van der Waals surface area contributed by atoms with Gasteiger partial charge >= 0.3 is 0 Å². The van der Waals surface area contributed by atoms with Crippen molar-refractivity contribution in [3.05, 3.63) is 70.5 Å². The molecule has 1 atom stereocenters. The molecule has 4 heteroatoms. The first kappa shape index (κ1) is 13.2. The first-order valence-corrected chi connectivity index (χ1v) is 6.57. The molecule has 2 aromatic carbocycles. The van der Waals surface area contributed by atoms with Gasteiger partial charge < -0.3 is 5.32 Å². The Bertz CT molecular complexity index is 640. The minimum absolute atomic E-state index is 0.0688. The Morgan fingerprint density at radius 1 is 1.00 bits per heavy atom. The molecule has 0 saturated carbocycles. The summed E-state index contributed by atoms with van der Waals surface area (Å²) in [5.41, 5.74) is 2.54. The number of halogens is 3. The third-order valence-electron chi connectivity index (χ3n) is 3.78. The summed E-state index contributed by atoms with van der Waals surface area (Å²) in [7, 11) is 0. The molecular formula is C16H14F3N. The standard InChI is InChI=1S/C16H14F3N/c17-14-6-5-10(15(18)16(14)19)7-12-9-20-8-11-3-1-2-4-13(11)12/h1-6,12,20H,7-9H2. The van der Waals surface area contributed by atoms with Crippen LogP contribution in [0.3, 0.4) is 0 Å². The van der Waals surface area contributed by atoms with E-state index in [-0.39, 0.29) is 11.5 Å². The Labute approximate surface area is 115 Å². The van der Waals surface area contributed by atoms with E-state index in [1.807, 2.05) is 24.3 Å². The van der Waals surface area contributed by atoms with Gasteiger partial charge in [0, 0.05) is 19.0 Å². The van der Waals surface area contributed by atoms with Crippen LogP contribution in [-0.2, 0) is 13.0 Å². The third-order valence-corrected chi connectivity index (χ3v) is 3.78. The topological polar surface area (TPSA) is 12.0 Å². The Morgan fingerprint density at radius 2 is 1.80 bits per heavy atom. The van der Waals surface area contributed by atoms with E-state index < -0.39 is 17.5 Å². The van der Waals surface area contributed by atoms with Crippen molar-refractivity contribution in [2.24, 2.45) is 0 Å². The highest BCUT2D eigenvalue weighted by Crippen LogP contribution is 2.28. The van der Waals surface area contributed by atoms with E-state index in [2.05, 4.69) is 5.32 Å².